The van der Waals surface area contributed by atoms with Crippen LogP contribution in [0.4, 0.5) is 8.78 Å². The van der Waals surface area contributed by atoms with E-state index in [0.717, 1.165) is 30.2 Å². The zero-order chi connectivity index (χ0) is 21.1. The van der Waals surface area contributed by atoms with Gasteiger partial charge >= 0.3 is 0 Å². The van der Waals surface area contributed by atoms with Gasteiger partial charge in [-0.15, -0.1) is 0 Å². The Morgan fingerprint density at radius 3 is 2.77 bits per heavy atom. The van der Waals surface area contributed by atoms with Gasteiger partial charge in [0.25, 0.3) is 5.91 Å². The average Bonchev–Trinajstić information content (AvgIpc) is 3.43. The lowest BCUT2D eigenvalue weighted by molar-refractivity contribution is -0.144. The summed E-state index contributed by atoms with van der Waals surface area (Å²) in [5, 5.41) is 6.20. The zero-order valence-corrected chi connectivity index (χ0v) is 17.2. The first-order valence-corrected chi connectivity index (χ1v) is 10.8. The summed E-state index contributed by atoms with van der Waals surface area (Å²) >= 11 is 1.26. The van der Waals surface area contributed by atoms with Crippen LogP contribution in [-0.4, -0.2) is 35.2 Å². The van der Waals surface area contributed by atoms with E-state index < -0.39 is 22.6 Å². The molecule has 0 saturated carbocycles. The van der Waals surface area contributed by atoms with E-state index in [1.54, 1.807) is 0 Å². The van der Waals surface area contributed by atoms with Crippen LogP contribution in [0, 0.1) is 11.6 Å². The Kier molecular flexibility index (Phi) is 6.17. The number of nitrogens with two attached hydrogens (primary N) is 1. The summed E-state index contributed by atoms with van der Waals surface area (Å²) in [5.74, 6) is -1.42. The number of thioether (sulfide) groups is 1. The Labute approximate surface area is 178 Å². The maximum Gasteiger partial charge on any atom is 0.273 e. The molecule has 0 radical (unpaired) electrons. The molecule has 2 N–H and O–H groups in total. The third kappa shape index (κ3) is 3.87. The van der Waals surface area contributed by atoms with Crippen molar-refractivity contribution in [2.75, 3.05) is 13.2 Å². The van der Waals surface area contributed by atoms with Gasteiger partial charge in [0.15, 0.2) is 0 Å². The molecule has 2 atom stereocenters. The van der Waals surface area contributed by atoms with Crippen LogP contribution in [0.2, 0.25) is 0 Å². The molecule has 30 heavy (non-hydrogen) atoms. The molecule has 2 aromatic carbocycles. The Morgan fingerprint density at radius 1 is 1.27 bits per heavy atom. The van der Waals surface area contributed by atoms with Crippen LogP contribution >= 0.6 is 11.8 Å². The Morgan fingerprint density at radius 2 is 2.07 bits per heavy atom. The average molecular weight is 432 g/mol. The van der Waals surface area contributed by atoms with E-state index in [2.05, 4.69) is 5.10 Å². The molecule has 0 aliphatic carbocycles. The second kappa shape index (κ2) is 8.83. The third-order valence-corrected chi connectivity index (χ3v) is 6.76. The summed E-state index contributed by atoms with van der Waals surface area (Å²) in [4.78, 5) is 12.5. The van der Waals surface area contributed by atoms with Gasteiger partial charge in [-0.05, 0) is 56.0 Å². The van der Waals surface area contributed by atoms with E-state index >= 15 is 0 Å². The van der Waals surface area contributed by atoms with Crippen LogP contribution in [0.15, 0.2) is 53.6 Å². The van der Waals surface area contributed by atoms with E-state index in [9.17, 15) is 13.6 Å². The molecule has 0 aromatic heterocycles. The third-order valence-electron chi connectivity index (χ3n) is 5.32. The Balaban J connectivity index is 1.82. The fraction of sp³-hybridized carbons (Fsp3) is 0.364. The molecule has 0 bridgehead atoms. The number of rotatable bonds is 6. The predicted molar refractivity (Wildman–Crippen MR) is 113 cm³/mol. The number of ether oxygens (including phenoxy) is 1. The highest BCUT2D eigenvalue weighted by Gasteiger charge is 2.50. The molecule has 158 valence electrons. The van der Waals surface area contributed by atoms with Gasteiger partial charge in [-0.1, -0.05) is 42.1 Å². The molecule has 8 heteroatoms. The molecule has 5 nitrogen and oxygen atoms in total. The topological polar surface area (TPSA) is 67.9 Å². The van der Waals surface area contributed by atoms with Crippen molar-refractivity contribution >= 4 is 22.7 Å². The number of nitrogens with zero attached hydrogens (tertiary/aromatic N) is 2. The zero-order valence-electron chi connectivity index (χ0n) is 16.4. The Hall–Kier alpha value is -2.29. The molecule has 1 fully saturated rings. The standard InChI is InChI=1S/C22H23F2N3O2S/c23-16-9-10-18(24)17(14-16)20-26-27(21(28)19-8-4-13-29-19)22(30-20,11-5-12-25)15-6-2-1-3-7-15/h1-3,6-7,9-10,14,19H,4-5,8,11-13,25H2. The number of hydrazone groups is 1. The minimum absolute atomic E-state index is 0.0377. The second-order valence-corrected chi connectivity index (χ2v) is 8.59. The van der Waals surface area contributed by atoms with Gasteiger partial charge in [0, 0.05) is 12.2 Å². The van der Waals surface area contributed by atoms with Gasteiger partial charge in [-0.2, -0.15) is 5.10 Å². The summed E-state index contributed by atoms with van der Waals surface area (Å²) in [7, 11) is 0. The SMILES string of the molecule is NCCCC1(c2ccccc2)SC(c2cc(F)ccc2F)=NN1C(=O)C1CCCO1. The molecule has 2 aliphatic heterocycles. The highest BCUT2D eigenvalue weighted by Crippen LogP contribution is 2.51. The number of hydrogen-bond acceptors (Lipinski definition) is 5. The van der Waals surface area contributed by atoms with Crippen molar-refractivity contribution in [3.8, 4) is 0 Å². The maximum atomic E-state index is 14.5. The summed E-state index contributed by atoms with van der Waals surface area (Å²) in [6, 6.07) is 12.7. The molecule has 1 saturated heterocycles. The number of carbonyl (C=O) groups excluding carboxylic acids is 1. The highest BCUT2D eigenvalue weighted by atomic mass is 32.2. The van der Waals surface area contributed by atoms with Crippen LogP contribution in [0.1, 0.15) is 36.8 Å². The highest BCUT2D eigenvalue weighted by molar-refractivity contribution is 8.15. The van der Waals surface area contributed by atoms with Gasteiger partial charge < -0.3 is 10.5 Å². The number of carbonyl (C=O) groups is 1. The van der Waals surface area contributed by atoms with Gasteiger partial charge in [0.2, 0.25) is 0 Å². The van der Waals surface area contributed by atoms with Gasteiger partial charge in [0.1, 0.15) is 27.7 Å². The molecule has 4 rings (SSSR count). The van der Waals surface area contributed by atoms with Crippen LogP contribution < -0.4 is 5.73 Å². The van der Waals surface area contributed by atoms with Crippen LogP contribution in [0.25, 0.3) is 0 Å². The monoisotopic (exact) mass is 431 g/mol. The molecular weight excluding hydrogens is 408 g/mol. The van der Waals surface area contributed by atoms with Crippen molar-refractivity contribution < 1.29 is 18.3 Å². The molecule has 2 heterocycles. The van der Waals surface area contributed by atoms with Crippen molar-refractivity contribution in [3.05, 3.63) is 71.3 Å². The lowest BCUT2D eigenvalue weighted by Gasteiger charge is -2.36. The maximum absolute atomic E-state index is 14.5. The lowest BCUT2D eigenvalue weighted by atomic mass is 9.99. The van der Waals surface area contributed by atoms with Crippen molar-refractivity contribution in [1.82, 2.24) is 5.01 Å². The number of halogens is 2. The molecule has 2 aliphatic rings. The first-order valence-electron chi connectivity index (χ1n) is 9.99. The van der Waals surface area contributed by atoms with Crippen molar-refractivity contribution in [2.45, 2.75) is 36.7 Å². The number of benzene rings is 2. The van der Waals surface area contributed by atoms with Gasteiger partial charge in [0.05, 0.1) is 0 Å². The van der Waals surface area contributed by atoms with Crippen LogP contribution in [0.3, 0.4) is 0 Å². The fourth-order valence-corrected chi connectivity index (χ4v) is 5.25. The van der Waals surface area contributed by atoms with Crippen molar-refractivity contribution in [1.29, 1.82) is 0 Å². The van der Waals surface area contributed by atoms with Crippen LogP contribution in [-0.2, 0) is 14.4 Å². The number of amides is 1. The minimum atomic E-state index is -0.905. The second-order valence-electron chi connectivity index (χ2n) is 7.33. The van der Waals surface area contributed by atoms with E-state index in [1.807, 2.05) is 30.3 Å². The van der Waals surface area contributed by atoms with Gasteiger partial charge in [-0.25, -0.2) is 13.8 Å². The molecule has 1 amide bonds. The predicted octanol–water partition coefficient (Wildman–Crippen LogP) is 3.97. The fourth-order valence-electron chi connectivity index (χ4n) is 3.82. The van der Waals surface area contributed by atoms with E-state index in [1.165, 1.54) is 16.8 Å². The molecule has 0 spiro atoms. The van der Waals surface area contributed by atoms with E-state index in [-0.39, 0.29) is 16.5 Å². The molecular formula is C22H23F2N3O2S. The molecule has 2 aromatic rings. The summed E-state index contributed by atoms with van der Waals surface area (Å²) < 4.78 is 34.0. The van der Waals surface area contributed by atoms with E-state index in [4.69, 9.17) is 10.5 Å². The summed E-state index contributed by atoms with van der Waals surface area (Å²) in [6.07, 6.45) is 1.97. The van der Waals surface area contributed by atoms with Crippen LogP contribution in [0.5, 0.6) is 0 Å². The van der Waals surface area contributed by atoms with Gasteiger partial charge in [-0.3, -0.25) is 4.79 Å². The van der Waals surface area contributed by atoms with Crippen molar-refractivity contribution in [2.24, 2.45) is 10.8 Å². The minimum Gasteiger partial charge on any atom is -0.368 e. The largest absolute Gasteiger partial charge is 0.368 e. The smallest absolute Gasteiger partial charge is 0.273 e. The van der Waals surface area contributed by atoms with E-state index in [0.29, 0.717) is 32.4 Å². The quantitative estimate of drug-likeness (QED) is 0.752. The normalized spacial score (nSPS) is 23.6. The Bertz CT molecular complexity index is 951. The first kappa shape index (κ1) is 21.0. The first-order chi connectivity index (χ1) is 14.5. The number of hydrogen-bond donors (Lipinski definition) is 1. The summed E-state index contributed by atoms with van der Waals surface area (Å²) in [6.45, 7) is 0.953. The van der Waals surface area contributed by atoms with Crippen molar-refractivity contribution in [3.63, 3.8) is 0 Å². The lowest BCUT2D eigenvalue weighted by Crippen LogP contribution is -2.46. The summed E-state index contributed by atoms with van der Waals surface area (Å²) in [5.41, 5.74) is 6.68. The molecule has 2 unspecified atom stereocenters.